The van der Waals surface area contributed by atoms with Crippen LogP contribution in [0.25, 0.3) is 83.3 Å². The van der Waals surface area contributed by atoms with Crippen LogP contribution in [0.15, 0.2) is 188 Å². The Morgan fingerprint density at radius 3 is 2.05 bits per heavy atom. The molecule has 3 aromatic heterocycles. The molecule has 7 aromatic carbocycles. The lowest BCUT2D eigenvalue weighted by atomic mass is 9.84. The highest BCUT2D eigenvalue weighted by Crippen LogP contribution is 2.50. The van der Waals surface area contributed by atoms with Crippen LogP contribution >= 0.6 is 0 Å². The Morgan fingerprint density at radius 1 is 0.468 bits per heavy atom. The molecule has 3 heteroatoms. The summed E-state index contributed by atoms with van der Waals surface area (Å²) in [5, 5.41) is 2.56. The van der Waals surface area contributed by atoms with Crippen molar-refractivity contribution in [3.05, 3.63) is 222 Å². The monoisotopic (exact) mass is 797 g/mol. The van der Waals surface area contributed by atoms with Crippen LogP contribution in [0, 0.1) is 13.8 Å². The average Bonchev–Trinajstić information content (AvgIpc) is 3.81. The molecule has 0 saturated carbocycles. The Morgan fingerprint density at radius 2 is 1.19 bits per heavy atom. The number of fused-ring (bicyclic) bond motifs is 6. The Labute approximate surface area is 364 Å². The second-order valence-corrected chi connectivity index (χ2v) is 17.9. The lowest BCUT2D eigenvalue weighted by Crippen LogP contribution is -2.10. The summed E-state index contributed by atoms with van der Waals surface area (Å²) < 4.78 is 2.41. The third kappa shape index (κ3) is 6.27. The molecule has 1 aliphatic rings. The van der Waals surface area contributed by atoms with Gasteiger partial charge in [0.2, 0.25) is 0 Å². The van der Waals surface area contributed by atoms with Crippen molar-refractivity contribution in [3.8, 4) is 61.5 Å². The van der Waals surface area contributed by atoms with Crippen molar-refractivity contribution in [1.82, 2.24) is 14.5 Å². The zero-order valence-corrected chi connectivity index (χ0v) is 35.8. The molecule has 0 amide bonds. The molecule has 1 unspecified atom stereocenters. The van der Waals surface area contributed by atoms with Gasteiger partial charge in [-0.2, -0.15) is 0 Å². The van der Waals surface area contributed by atoms with E-state index in [1.165, 1.54) is 83.0 Å². The average molecular weight is 798 g/mol. The van der Waals surface area contributed by atoms with E-state index in [-0.39, 0.29) is 11.3 Å². The van der Waals surface area contributed by atoms with Crippen molar-refractivity contribution < 1.29 is 0 Å². The Hall–Kier alpha value is -7.36. The highest BCUT2D eigenvalue weighted by molar-refractivity contribution is 6.09. The molecule has 3 heterocycles. The molecule has 11 rings (SSSR count). The molecule has 0 bridgehead atoms. The van der Waals surface area contributed by atoms with E-state index >= 15 is 0 Å². The van der Waals surface area contributed by atoms with E-state index in [1.54, 1.807) is 0 Å². The number of hydrogen-bond acceptors (Lipinski definition) is 2. The fourth-order valence-electron chi connectivity index (χ4n) is 9.92. The molecule has 10 aromatic rings. The first-order valence-electron chi connectivity index (χ1n) is 21.7. The van der Waals surface area contributed by atoms with Crippen molar-refractivity contribution in [1.29, 1.82) is 0 Å². The number of benzene rings is 7. The van der Waals surface area contributed by atoms with Gasteiger partial charge in [-0.3, -0.25) is 9.97 Å². The van der Waals surface area contributed by atoms with Crippen molar-refractivity contribution in [2.75, 3.05) is 0 Å². The second kappa shape index (κ2) is 14.7. The number of pyridine rings is 2. The molecule has 0 N–H and O–H groups in total. The number of nitrogens with zero attached hydrogens (tertiary/aromatic N) is 3. The van der Waals surface area contributed by atoms with E-state index in [0.29, 0.717) is 0 Å². The van der Waals surface area contributed by atoms with Gasteiger partial charge in [0.15, 0.2) is 0 Å². The van der Waals surface area contributed by atoms with Gasteiger partial charge < -0.3 is 4.57 Å². The summed E-state index contributed by atoms with van der Waals surface area (Å²) in [5.74, 6) is 0.140. The molecule has 0 aliphatic heterocycles. The molecule has 0 radical (unpaired) electrons. The van der Waals surface area contributed by atoms with Crippen molar-refractivity contribution in [2.45, 2.75) is 46.0 Å². The first-order chi connectivity index (χ1) is 30.2. The largest absolute Gasteiger partial charge is 0.309 e. The molecule has 1 atom stereocenters. The fraction of sp³-hybridized carbons (Fsp3) is 0.119. The molecule has 1 aliphatic carbocycles. The fourth-order valence-corrected chi connectivity index (χ4v) is 9.92. The summed E-state index contributed by atoms with van der Waals surface area (Å²) >= 11 is 0. The molecule has 298 valence electrons. The van der Waals surface area contributed by atoms with Crippen LogP contribution in [0.2, 0.25) is 0 Å². The Bertz CT molecular complexity index is 3360. The number of aromatic nitrogens is 3. The summed E-state index contributed by atoms with van der Waals surface area (Å²) in [7, 11) is 0. The lowest BCUT2D eigenvalue weighted by molar-refractivity contribution is 0.591. The zero-order chi connectivity index (χ0) is 42.1. The van der Waals surface area contributed by atoms with Gasteiger partial charge in [-0.05, 0) is 141 Å². The van der Waals surface area contributed by atoms with Gasteiger partial charge in [0, 0.05) is 57.7 Å². The molecule has 3 nitrogen and oxygen atoms in total. The van der Waals surface area contributed by atoms with E-state index in [1.807, 2.05) is 18.6 Å². The van der Waals surface area contributed by atoms with Crippen molar-refractivity contribution in [3.63, 3.8) is 0 Å². The van der Waals surface area contributed by atoms with Crippen LogP contribution in [0.3, 0.4) is 0 Å². The summed E-state index contributed by atoms with van der Waals surface area (Å²) in [6.45, 7) is 11.3. The third-order valence-corrected chi connectivity index (χ3v) is 13.1. The van der Waals surface area contributed by atoms with Crippen LogP contribution in [0.1, 0.15) is 60.1 Å². The summed E-state index contributed by atoms with van der Waals surface area (Å²) in [5.41, 5.74) is 23.1. The quantitative estimate of drug-likeness (QED) is 0.168. The van der Waals surface area contributed by atoms with Crippen LogP contribution in [-0.2, 0) is 5.41 Å². The predicted octanol–water partition coefficient (Wildman–Crippen LogP) is 15.3. The van der Waals surface area contributed by atoms with Gasteiger partial charge >= 0.3 is 0 Å². The van der Waals surface area contributed by atoms with Gasteiger partial charge in [-0.15, -0.1) is 0 Å². The molecule has 0 spiro atoms. The number of para-hydroxylation sites is 1. The summed E-state index contributed by atoms with van der Waals surface area (Å²) in [6, 6.07) is 62.4. The van der Waals surface area contributed by atoms with Crippen molar-refractivity contribution >= 4 is 21.8 Å². The predicted molar refractivity (Wildman–Crippen MR) is 259 cm³/mol. The smallest absolute Gasteiger partial charge is 0.0710 e. The van der Waals surface area contributed by atoms with Gasteiger partial charge in [0.25, 0.3) is 0 Å². The van der Waals surface area contributed by atoms with Crippen LogP contribution in [-0.4, -0.2) is 14.5 Å². The van der Waals surface area contributed by atoms with E-state index in [9.17, 15) is 0 Å². The second-order valence-electron chi connectivity index (χ2n) is 17.9. The molecule has 62 heavy (non-hydrogen) atoms. The molecule has 0 saturated heterocycles. The highest BCUT2D eigenvalue weighted by atomic mass is 15.0. The minimum Gasteiger partial charge on any atom is -0.309 e. The van der Waals surface area contributed by atoms with E-state index in [0.717, 1.165) is 33.6 Å². The maximum absolute atomic E-state index is 4.96. The Balaban J connectivity index is 0.928. The molecular formula is C59H47N3. The van der Waals surface area contributed by atoms with Crippen molar-refractivity contribution in [2.24, 2.45) is 0 Å². The highest BCUT2D eigenvalue weighted by Gasteiger charge is 2.31. The number of rotatable bonds is 6. The normalized spacial score (nSPS) is 13.4. The van der Waals surface area contributed by atoms with Gasteiger partial charge in [-0.25, -0.2) is 0 Å². The first kappa shape index (κ1) is 37.6. The van der Waals surface area contributed by atoms with Crippen LogP contribution in [0.4, 0.5) is 0 Å². The van der Waals surface area contributed by atoms with E-state index in [2.05, 4.69) is 209 Å². The summed E-state index contributed by atoms with van der Waals surface area (Å²) in [4.78, 5) is 9.75. The SMILES string of the molecule is Cc1cc(-n2c3ccccc3c3cc(C(C)(C)C)ccc32)ccc1-c1cncc(-c2ccnc(-c3cccc(C4c5ccccc5-c5cc(-c6ccccc6)ccc54)c3C)c2)c1. The number of hydrogen-bond donors (Lipinski definition) is 0. The maximum Gasteiger partial charge on any atom is 0.0710 e. The van der Waals surface area contributed by atoms with Crippen LogP contribution < -0.4 is 0 Å². The molecular weight excluding hydrogens is 751 g/mol. The standard InChI is InChI=1S/C59H47N3/c1-37-30-45(62-56-21-12-11-17-50(56)54-34-44(59(3,4)5)23-27-57(54)62)24-26-46(37)43-31-42(35-60-36-43)41-28-29-61-55(33-41)47-19-13-20-48(38(47)2)58-51-18-10-9-16-49(51)53-32-40(22-25-52(53)58)39-14-7-6-8-15-39/h6-36,58H,1-5H3. The van der Waals surface area contributed by atoms with Gasteiger partial charge in [0.1, 0.15) is 0 Å². The lowest BCUT2D eigenvalue weighted by Gasteiger charge is -2.20. The zero-order valence-electron chi connectivity index (χ0n) is 35.8. The van der Waals surface area contributed by atoms with E-state index in [4.69, 9.17) is 9.97 Å². The molecule has 0 fully saturated rings. The third-order valence-electron chi connectivity index (χ3n) is 13.1. The van der Waals surface area contributed by atoms with Gasteiger partial charge in [-0.1, -0.05) is 136 Å². The van der Waals surface area contributed by atoms with E-state index < -0.39 is 0 Å². The summed E-state index contributed by atoms with van der Waals surface area (Å²) in [6.07, 6.45) is 5.89. The van der Waals surface area contributed by atoms with Gasteiger partial charge in [0.05, 0.1) is 16.7 Å². The number of aryl methyl sites for hydroxylation is 1. The van der Waals surface area contributed by atoms with Crippen LogP contribution in [0.5, 0.6) is 0 Å². The Kier molecular flexibility index (Phi) is 8.91. The topological polar surface area (TPSA) is 30.7 Å². The first-order valence-corrected chi connectivity index (χ1v) is 21.7. The maximum atomic E-state index is 4.96. The minimum atomic E-state index is 0.0742. The minimum absolute atomic E-state index is 0.0742.